The first kappa shape index (κ1) is 72.6. The average molecular weight is 1540 g/mol. The fourth-order valence-corrected chi connectivity index (χ4v) is 14.9. The molecule has 11 aromatic heterocycles. The summed E-state index contributed by atoms with van der Waals surface area (Å²) in [7, 11) is 0. The molecule has 22 rings (SSSR count). The maximum atomic E-state index is 14.5. The van der Waals surface area contributed by atoms with Crippen molar-refractivity contribution in [3.05, 3.63) is 347 Å². The number of halogens is 5. The summed E-state index contributed by atoms with van der Waals surface area (Å²) in [6.45, 7) is 1.08. The Hall–Kier alpha value is -14.9. The average Bonchev–Trinajstić information content (AvgIpc) is 1.54. The van der Waals surface area contributed by atoms with Gasteiger partial charge in [0.1, 0.15) is 75.2 Å². The first-order chi connectivity index (χ1) is 57.0. The Morgan fingerprint density at radius 2 is 0.888 bits per heavy atom. The van der Waals surface area contributed by atoms with Crippen LogP contribution in [-0.2, 0) is 32.6 Å². The largest absolute Gasteiger partial charge is 0.340 e. The molecule has 1 aliphatic rings. The monoisotopic (exact) mass is 1540 g/mol. The molecule has 0 aliphatic heterocycles. The molecule has 0 atom stereocenters. The molecular formula is C92H70F5N19. The van der Waals surface area contributed by atoms with Crippen LogP contribution in [0.5, 0.6) is 0 Å². The van der Waals surface area contributed by atoms with E-state index in [9.17, 15) is 22.0 Å². The summed E-state index contributed by atoms with van der Waals surface area (Å²) in [4.78, 5) is 21.7. The highest BCUT2D eigenvalue weighted by Gasteiger charge is 2.26. The van der Waals surface area contributed by atoms with Crippen molar-refractivity contribution in [2.45, 2.75) is 58.3 Å². The van der Waals surface area contributed by atoms with Crippen molar-refractivity contribution >= 4 is 132 Å². The van der Waals surface area contributed by atoms with E-state index in [0.717, 1.165) is 149 Å². The van der Waals surface area contributed by atoms with Crippen LogP contribution in [0.1, 0.15) is 74.8 Å². The summed E-state index contributed by atoms with van der Waals surface area (Å²) in [6.07, 6.45) is 16.6. The zero-order valence-electron chi connectivity index (χ0n) is 62.3. The second kappa shape index (κ2) is 32.0. The van der Waals surface area contributed by atoms with E-state index in [1.165, 1.54) is 30.5 Å². The van der Waals surface area contributed by atoms with Crippen LogP contribution in [0.4, 0.5) is 45.0 Å². The predicted octanol–water partition coefficient (Wildman–Crippen LogP) is 21.5. The van der Waals surface area contributed by atoms with Gasteiger partial charge in [-0.05, 0) is 230 Å². The van der Waals surface area contributed by atoms with E-state index in [4.69, 9.17) is 0 Å². The van der Waals surface area contributed by atoms with E-state index >= 15 is 0 Å². The van der Waals surface area contributed by atoms with Gasteiger partial charge in [-0.3, -0.25) is 45.4 Å². The standard InChI is InChI=1S/C20H14FN5.C20H16FN3.C18H14FN3.2C17H13FN4/c21-16-6-7-19(26-10-2-9-23-26)14-5-4-13(11-15(14)16)12-18-20-17(24-25-18)3-1-8-22-20;21-17-8-7-14(13-4-5-13)15-6-3-12(10-16(15)17)11-19-20-18(23-24-19)2-1-9-22-20;1-11-4-7-15(19)14-9-12(5-6-13(11)14)10-17-18-16(21-22-17)3-2-8-20-18;18-10-12-4-1-3-11-9-13(6-7-14(11)12)20-17-16-15(21-22-17)5-2-8-19-16;18-10-12-4-1-3-11-9-13(6-7-14(11)12)20-17-15-5-2-8-19-16(15)21-22-17/h1-11H,12H2,(H,24,25);1-3,6-10,13H,4-5,11H2,(H,23,24);2-9H,10H2,1H3,(H,21,22);1-9H,10H2,(H2,20,21,22);1-9H,10H2,(H2,19,20,21,22). The van der Waals surface area contributed by atoms with Gasteiger partial charge in [-0.15, -0.1) is 0 Å². The molecule has 7 N–H and O–H groups in total. The molecule has 0 spiro atoms. The molecule has 0 bridgehead atoms. The van der Waals surface area contributed by atoms with Crippen LogP contribution in [0, 0.1) is 24.4 Å². The fraction of sp³-hybridized carbons (Fsp3) is 0.0978. The minimum absolute atomic E-state index is 0.149. The Kier molecular flexibility index (Phi) is 20.1. The maximum Gasteiger partial charge on any atom is 0.183 e. The molecule has 19 nitrogen and oxygen atoms in total. The first-order valence-electron chi connectivity index (χ1n) is 37.7. The Bertz CT molecular complexity index is 7010. The molecule has 0 amide bonds. The Balaban J connectivity index is 0.000000100. The van der Waals surface area contributed by atoms with Crippen LogP contribution in [-0.4, -0.2) is 85.7 Å². The van der Waals surface area contributed by atoms with Gasteiger partial charge in [0.2, 0.25) is 0 Å². The maximum absolute atomic E-state index is 14.5. The molecule has 1 aliphatic carbocycles. The van der Waals surface area contributed by atoms with E-state index in [2.05, 4.69) is 104 Å². The normalized spacial score (nSPS) is 11.9. The zero-order chi connectivity index (χ0) is 78.6. The lowest BCUT2D eigenvalue weighted by atomic mass is 9.97. The number of H-pyrrole nitrogens is 5. The topological polar surface area (TPSA) is 250 Å². The van der Waals surface area contributed by atoms with Crippen LogP contribution in [0.15, 0.2) is 274 Å². The lowest BCUT2D eigenvalue weighted by molar-refractivity contribution is 0.487. The molecule has 116 heavy (non-hydrogen) atoms. The molecule has 568 valence electrons. The Labute approximate surface area is 658 Å². The van der Waals surface area contributed by atoms with E-state index in [-0.39, 0.29) is 17.5 Å². The van der Waals surface area contributed by atoms with Gasteiger partial charge in [-0.1, -0.05) is 97.1 Å². The quantitative estimate of drug-likeness (QED) is 0.0501. The van der Waals surface area contributed by atoms with E-state index < -0.39 is 13.3 Å². The van der Waals surface area contributed by atoms with E-state index in [0.29, 0.717) is 63.9 Å². The number of pyridine rings is 5. The Morgan fingerprint density at radius 1 is 0.388 bits per heavy atom. The number of nitrogens with zero attached hydrogens (tertiary/aromatic N) is 12. The lowest BCUT2D eigenvalue weighted by Gasteiger charge is -2.09. The number of anilines is 4. The predicted molar refractivity (Wildman–Crippen MR) is 447 cm³/mol. The molecule has 1 fully saturated rings. The van der Waals surface area contributed by atoms with Gasteiger partial charge in [-0.25, -0.2) is 31.6 Å². The number of aromatic nitrogens is 17. The second-order valence-electron chi connectivity index (χ2n) is 28.4. The molecule has 11 heterocycles. The third-order valence-electron chi connectivity index (χ3n) is 20.8. The van der Waals surface area contributed by atoms with Gasteiger partial charge >= 0.3 is 0 Å². The highest BCUT2D eigenvalue weighted by atomic mass is 19.1. The Morgan fingerprint density at radius 3 is 1.46 bits per heavy atom. The highest BCUT2D eigenvalue weighted by molar-refractivity contribution is 5.96. The van der Waals surface area contributed by atoms with Crippen LogP contribution in [0.2, 0.25) is 0 Å². The van der Waals surface area contributed by atoms with Crippen molar-refractivity contribution in [1.29, 1.82) is 0 Å². The summed E-state index contributed by atoms with van der Waals surface area (Å²) in [5.41, 5.74) is 19.8. The van der Waals surface area contributed by atoms with Gasteiger partial charge in [-0.2, -0.15) is 30.6 Å². The summed E-state index contributed by atoms with van der Waals surface area (Å²) >= 11 is 0. The van der Waals surface area contributed by atoms with Crippen LogP contribution in [0.25, 0.3) is 115 Å². The summed E-state index contributed by atoms with van der Waals surface area (Å²) < 4.78 is 70.6. The van der Waals surface area contributed by atoms with Gasteiger partial charge in [0.25, 0.3) is 0 Å². The van der Waals surface area contributed by atoms with Gasteiger partial charge in [0.15, 0.2) is 11.5 Å². The number of benzene rings is 10. The fourth-order valence-electron chi connectivity index (χ4n) is 14.9. The SMILES string of the molecule is Cc1ccc(F)c2cc(Cc3[nH]nc4cccnc34)ccc12.FCc1cccc2cc(Nc3[nH]nc4ncccc34)ccc12.FCc1cccc2cc(Nc3n[nH]c4cccnc34)ccc12.Fc1ccc(-n2cccn2)c2ccc(Cc3[nH]nc4cccnc34)cc12.Fc1ccc(C2CC2)c2ccc(Cc3[nH]nc4cccnc34)cc12. The smallest absolute Gasteiger partial charge is 0.183 e. The van der Waals surface area contributed by atoms with Crippen LogP contribution >= 0.6 is 0 Å². The number of rotatable bonds is 14. The van der Waals surface area contributed by atoms with E-state index in [1.807, 2.05) is 201 Å². The summed E-state index contributed by atoms with van der Waals surface area (Å²) in [5, 5.41) is 56.6. The molecule has 0 saturated heterocycles. The minimum Gasteiger partial charge on any atom is -0.340 e. The molecule has 1 saturated carbocycles. The lowest BCUT2D eigenvalue weighted by Crippen LogP contribution is -1.98. The number of hydrogen-bond acceptors (Lipinski definition) is 13. The molecule has 0 radical (unpaired) electrons. The van der Waals surface area contributed by atoms with Crippen molar-refractivity contribution in [2.75, 3.05) is 10.6 Å². The van der Waals surface area contributed by atoms with E-state index in [1.54, 1.807) is 60.1 Å². The third-order valence-corrected chi connectivity index (χ3v) is 20.8. The third kappa shape index (κ3) is 15.1. The highest BCUT2D eigenvalue weighted by Crippen LogP contribution is 2.44. The van der Waals surface area contributed by atoms with Gasteiger partial charge in [0.05, 0.1) is 33.7 Å². The van der Waals surface area contributed by atoms with Crippen molar-refractivity contribution < 1.29 is 22.0 Å². The van der Waals surface area contributed by atoms with Crippen molar-refractivity contribution in [3.63, 3.8) is 0 Å². The van der Waals surface area contributed by atoms with Crippen molar-refractivity contribution in [3.8, 4) is 5.69 Å². The molecule has 21 aromatic rings. The number of aromatic amines is 5. The second-order valence-corrected chi connectivity index (χ2v) is 28.4. The molecule has 10 aromatic carbocycles. The van der Waals surface area contributed by atoms with Gasteiger partial charge < -0.3 is 10.6 Å². The number of hydrogen-bond donors (Lipinski definition) is 7. The number of aryl methyl sites for hydroxylation is 1. The molecular weight excluding hydrogens is 1470 g/mol. The number of nitrogens with one attached hydrogen (secondary N) is 7. The first-order valence-corrected chi connectivity index (χ1v) is 37.7. The van der Waals surface area contributed by atoms with Crippen molar-refractivity contribution in [2.24, 2.45) is 0 Å². The zero-order valence-corrected chi connectivity index (χ0v) is 62.3. The van der Waals surface area contributed by atoms with Crippen molar-refractivity contribution in [1.82, 2.24) is 85.7 Å². The van der Waals surface area contributed by atoms with Crippen LogP contribution in [0.3, 0.4) is 0 Å². The molecule has 0 unspecified atom stereocenters. The molecule has 24 heteroatoms. The van der Waals surface area contributed by atoms with Crippen LogP contribution < -0.4 is 10.6 Å². The summed E-state index contributed by atoms with van der Waals surface area (Å²) in [6, 6.07) is 71.8. The number of alkyl halides is 2. The van der Waals surface area contributed by atoms with Gasteiger partial charge in [0, 0.05) is 95.6 Å². The number of fused-ring (bicyclic) bond motifs is 10. The minimum atomic E-state index is -0.460. The summed E-state index contributed by atoms with van der Waals surface area (Å²) in [5.74, 6) is 1.50.